The highest BCUT2D eigenvalue weighted by Gasteiger charge is 2.16. The van der Waals surface area contributed by atoms with Gasteiger partial charge in [0.15, 0.2) is 0 Å². The Bertz CT molecular complexity index is 381. The van der Waals surface area contributed by atoms with Crippen LogP contribution in [0.15, 0.2) is 12.3 Å². The van der Waals surface area contributed by atoms with Gasteiger partial charge < -0.3 is 10.2 Å². The first-order valence-electron chi connectivity index (χ1n) is 6.19. The summed E-state index contributed by atoms with van der Waals surface area (Å²) in [4.78, 5) is 6.52. The molecule has 3 nitrogen and oxygen atoms in total. The van der Waals surface area contributed by atoms with Crippen molar-refractivity contribution in [2.24, 2.45) is 5.92 Å². The van der Waals surface area contributed by atoms with Gasteiger partial charge in [-0.2, -0.15) is 0 Å². The molecule has 2 heterocycles. The van der Waals surface area contributed by atoms with Gasteiger partial charge in [-0.15, -0.1) is 0 Å². The van der Waals surface area contributed by atoms with Crippen LogP contribution in [0, 0.1) is 12.8 Å². The summed E-state index contributed by atoms with van der Waals surface area (Å²) < 4.78 is 0. The summed E-state index contributed by atoms with van der Waals surface area (Å²) in [6.45, 7) is 5.50. The van der Waals surface area contributed by atoms with Crippen LogP contribution >= 0.6 is 11.6 Å². The van der Waals surface area contributed by atoms with E-state index in [1.165, 1.54) is 25.9 Å². The number of hydrogen-bond donors (Lipinski definition) is 1. The Hall–Kier alpha value is -0.800. The molecule has 0 spiro atoms. The van der Waals surface area contributed by atoms with Crippen molar-refractivity contribution in [2.75, 3.05) is 32.0 Å². The van der Waals surface area contributed by atoms with Gasteiger partial charge >= 0.3 is 0 Å². The van der Waals surface area contributed by atoms with Crippen LogP contribution in [-0.2, 0) is 0 Å². The molecule has 4 heteroatoms. The molecule has 0 bridgehead atoms. The molecule has 17 heavy (non-hydrogen) atoms. The lowest BCUT2D eigenvalue weighted by molar-refractivity contribution is 0.217. The van der Waals surface area contributed by atoms with Gasteiger partial charge in [0.05, 0.1) is 11.9 Å². The molecule has 1 aromatic rings. The van der Waals surface area contributed by atoms with E-state index >= 15 is 0 Å². The fourth-order valence-electron chi connectivity index (χ4n) is 2.40. The van der Waals surface area contributed by atoms with E-state index in [1.807, 2.05) is 12.3 Å². The third-order valence-corrected chi connectivity index (χ3v) is 3.59. The molecule has 1 atom stereocenters. The van der Waals surface area contributed by atoms with Crippen LogP contribution in [0.1, 0.15) is 18.4 Å². The van der Waals surface area contributed by atoms with Crippen LogP contribution in [0.5, 0.6) is 0 Å². The number of aryl methyl sites for hydroxylation is 1. The molecule has 1 fully saturated rings. The largest absolute Gasteiger partial charge is 0.383 e. The Morgan fingerprint density at radius 1 is 1.59 bits per heavy atom. The van der Waals surface area contributed by atoms with Crippen LogP contribution in [0.4, 0.5) is 5.69 Å². The molecule has 1 aliphatic heterocycles. The maximum atomic E-state index is 5.84. The highest BCUT2D eigenvalue weighted by Crippen LogP contribution is 2.19. The summed E-state index contributed by atoms with van der Waals surface area (Å²) in [7, 11) is 2.20. The maximum Gasteiger partial charge on any atom is 0.129 e. The van der Waals surface area contributed by atoms with Crippen molar-refractivity contribution < 1.29 is 0 Å². The zero-order valence-electron chi connectivity index (χ0n) is 10.5. The van der Waals surface area contributed by atoms with Gasteiger partial charge in [0.25, 0.3) is 0 Å². The third-order valence-electron chi connectivity index (χ3n) is 3.38. The van der Waals surface area contributed by atoms with Crippen molar-refractivity contribution >= 4 is 17.3 Å². The van der Waals surface area contributed by atoms with Gasteiger partial charge in [0, 0.05) is 13.1 Å². The van der Waals surface area contributed by atoms with E-state index in [2.05, 4.69) is 29.2 Å². The number of anilines is 1. The number of halogens is 1. The van der Waals surface area contributed by atoms with Crippen LogP contribution in [-0.4, -0.2) is 36.6 Å². The van der Waals surface area contributed by atoms with Crippen molar-refractivity contribution in [3.63, 3.8) is 0 Å². The Morgan fingerprint density at radius 3 is 3.12 bits per heavy atom. The lowest BCUT2D eigenvalue weighted by atomic mass is 9.98. The van der Waals surface area contributed by atoms with E-state index in [0.29, 0.717) is 5.15 Å². The van der Waals surface area contributed by atoms with Crippen molar-refractivity contribution in [3.05, 3.63) is 23.0 Å². The molecule has 94 valence electrons. The van der Waals surface area contributed by atoms with Crippen molar-refractivity contribution in [3.8, 4) is 0 Å². The fourth-order valence-corrected chi connectivity index (χ4v) is 2.61. The smallest absolute Gasteiger partial charge is 0.129 e. The van der Waals surface area contributed by atoms with Crippen LogP contribution in [0.2, 0.25) is 5.15 Å². The average Bonchev–Trinajstić information content (AvgIpc) is 2.28. The molecule has 2 rings (SSSR count). The van der Waals surface area contributed by atoms with E-state index in [0.717, 1.165) is 23.7 Å². The summed E-state index contributed by atoms with van der Waals surface area (Å²) in [5.41, 5.74) is 2.26. The first-order valence-corrected chi connectivity index (χ1v) is 6.57. The predicted octanol–water partition coefficient (Wildman–Crippen LogP) is 2.80. The summed E-state index contributed by atoms with van der Waals surface area (Å²) in [6, 6.07) is 1.90. The molecule has 0 aromatic carbocycles. The molecule has 1 aliphatic rings. The normalized spacial score (nSPS) is 21.5. The maximum absolute atomic E-state index is 5.84. The first kappa shape index (κ1) is 12.7. The number of pyridine rings is 1. The molecule has 0 aliphatic carbocycles. The second-order valence-electron chi connectivity index (χ2n) is 4.97. The molecular weight excluding hydrogens is 234 g/mol. The monoisotopic (exact) mass is 253 g/mol. The zero-order chi connectivity index (χ0) is 12.3. The van der Waals surface area contributed by atoms with Gasteiger partial charge in [-0.05, 0) is 50.9 Å². The number of likely N-dealkylation sites (tertiary alicyclic amines) is 1. The van der Waals surface area contributed by atoms with E-state index in [9.17, 15) is 0 Å². The standard InChI is InChI=1S/C13H20ClN3/c1-10-6-13(14)16-8-12(10)15-7-11-4-3-5-17(2)9-11/h6,8,11,15H,3-5,7,9H2,1-2H3. The van der Waals surface area contributed by atoms with Crippen LogP contribution < -0.4 is 5.32 Å². The highest BCUT2D eigenvalue weighted by atomic mass is 35.5. The minimum atomic E-state index is 0.561. The second-order valence-corrected chi connectivity index (χ2v) is 5.36. The number of nitrogens with zero attached hydrogens (tertiary/aromatic N) is 2. The second kappa shape index (κ2) is 5.69. The van der Waals surface area contributed by atoms with Gasteiger partial charge in [0.1, 0.15) is 5.15 Å². The molecule has 0 radical (unpaired) electrons. The molecule has 1 N–H and O–H groups in total. The number of nitrogens with one attached hydrogen (secondary N) is 1. The topological polar surface area (TPSA) is 28.2 Å². The van der Waals surface area contributed by atoms with Gasteiger partial charge in [-0.25, -0.2) is 4.98 Å². The van der Waals surface area contributed by atoms with Gasteiger partial charge in [-0.1, -0.05) is 11.6 Å². The number of rotatable bonds is 3. The fraction of sp³-hybridized carbons (Fsp3) is 0.615. The molecular formula is C13H20ClN3. The van der Waals surface area contributed by atoms with Crippen molar-refractivity contribution in [2.45, 2.75) is 19.8 Å². The molecule has 1 aromatic heterocycles. The average molecular weight is 254 g/mol. The van der Waals surface area contributed by atoms with E-state index in [4.69, 9.17) is 11.6 Å². The quantitative estimate of drug-likeness (QED) is 0.840. The highest BCUT2D eigenvalue weighted by molar-refractivity contribution is 6.29. The first-order chi connectivity index (χ1) is 8.15. The van der Waals surface area contributed by atoms with Gasteiger partial charge in [0.2, 0.25) is 0 Å². The summed E-state index contributed by atoms with van der Waals surface area (Å²) in [5, 5.41) is 4.04. The molecule has 0 saturated carbocycles. The predicted molar refractivity (Wildman–Crippen MR) is 72.7 cm³/mol. The SMILES string of the molecule is Cc1cc(Cl)ncc1NCC1CCCN(C)C1. The number of piperidine rings is 1. The number of aromatic nitrogens is 1. The third kappa shape index (κ3) is 3.58. The van der Waals surface area contributed by atoms with Crippen LogP contribution in [0.25, 0.3) is 0 Å². The summed E-state index contributed by atoms with van der Waals surface area (Å²) in [5.74, 6) is 0.740. The number of hydrogen-bond acceptors (Lipinski definition) is 3. The molecule has 1 saturated heterocycles. The molecule has 0 amide bonds. The summed E-state index contributed by atoms with van der Waals surface area (Å²) >= 11 is 5.84. The van der Waals surface area contributed by atoms with E-state index in [-0.39, 0.29) is 0 Å². The van der Waals surface area contributed by atoms with Crippen LogP contribution in [0.3, 0.4) is 0 Å². The Balaban J connectivity index is 1.88. The van der Waals surface area contributed by atoms with Crippen molar-refractivity contribution in [1.82, 2.24) is 9.88 Å². The minimum Gasteiger partial charge on any atom is -0.383 e. The van der Waals surface area contributed by atoms with E-state index in [1.54, 1.807) is 0 Å². The minimum absolute atomic E-state index is 0.561. The lowest BCUT2D eigenvalue weighted by Gasteiger charge is -2.30. The van der Waals surface area contributed by atoms with Gasteiger partial charge in [-0.3, -0.25) is 0 Å². The lowest BCUT2D eigenvalue weighted by Crippen LogP contribution is -2.35. The Kier molecular flexibility index (Phi) is 4.24. The van der Waals surface area contributed by atoms with Crippen molar-refractivity contribution in [1.29, 1.82) is 0 Å². The zero-order valence-corrected chi connectivity index (χ0v) is 11.3. The Morgan fingerprint density at radius 2 is 2.41 bits per heavy atom. The Labute approximate surface area is 108 Å². The molecule has 1 unspecified atom stereocenters. The van der Waals surface area contributed by atoms with E-state index < -0.39 is 0 Å². The summed E-state index contributed by atoms with van der Waals surface area (Å²) in [6.07, 6.45) is 4.45.